The van der Waals surface area contributed by atoms with Crippen LogP contribution in [0, 0.1) is 5.82 Å². The predicted octanol–water partition coefficient (Wildman–Crippen LogP) is 2.76. The molecule has 0 bridgehead atoms. The number of halogens is 1. The molecule has 0 saturated heterocycles. The van der Waals surface area contributed by atoms with Crippen molar-refractivity contribution in [1.29, 1.82) is 0 Å². The van der Waals surface area contributed by atoms with E-state index < -0.39 is 0 Å². The Morgan fingerprint density at radius 2 is 1.93 bits per heavy atom. The van der Waals surface area contributed by atoms with Gasteiger partial charge in [-0.1, -0.05) is 31.2 Å². The first-order valence-corrected chi connectivity index (χ1v) is 9.21. The molecule has 6 nitrogen and oxygen atoms in total. The number of fused-ring (bicyclic) bond motifs is 1. The zero-order valence-corrected chi connectivity index (χ0v) is 15.9. The van der Waals surface area contributed by atoms with Crippen molar-refractivity contribution in [2.24, 2.45) is 0 Å². The number of likely N-dealkylation sites (N-methyl/N-ethyl adjacent to an activating group) is 1. The minimum Gasteiger partial charge on any atom is -0.348 e. The number of benzene rings is 2. The van der Waals surface area contributed by atoms with Crippen LogP contribution in [0.2, 0.25) is 0 Å². The largest absolute Gasteiger partial charge is 0.348 e. The van der Waals surface area contributed by atoms with Gasteiger partial charge in [-0.3, -0.25) is 14.5 Å². The number of nitrogens with one attached hydrogen (secondary N) is 2. The summed E-state index contributed by atoms with van der Waals surface area (Å²) < 4.78 is 13.0. The number of aromatic amines is 1. The number of carbonyl (C=O) groups is 1. The third-order valence-electron chi connectivity index (χ3n) is 4.60. The monoisotopic (exact) mass is 382 g/mol. The molecule has 1 unspecified atom stereocenters. The maximum absolute atomic E-state index is 13.0. The van der Waals surface area contributed by atoms with Gasteiger partial charge in [0.1, 0.15) is 11.6 Å². The Morgan fingerprint density at radius 3 is 2.64 bits per heavy atom. The Morgan fingerprint density at radius 1 is 1.21 bits per heavy atom. The lowest BCUT2D eigenvalue weighted by atomic mass is 10.1. The van der Waals surface area contributed by atoms with Crippen LogP contribution >= 0.6 is 0 Å². The second-order valence-corrected chi connectivity index (χ2v) is 6.67. The van der Waals surface area contributed by atoms with E-state index in [-0.39, 0.29) is 29.9 Å². The average molecular weight is 382 g/mol. The number of carbonyl (C=O) groups excluding carboxylic acids is 1. The Balaban J connectivity index is 1.64. The summed E-state index contributed by atoms with van der Waals surface area (Å²) in [5, 5.41) is 3.45. The summed E-state index contributed by atoms with van der Waals surface area (Å²) in [7, 11) is 0. The Bertz CT molecular complexity index is 1020. The van der Waals surface area contributed by atoms with Crippen LogP contribution in [0.1, 0.15) is 31.3 Å². The highest BCUT2D eigenvalue weighted by atomic mass is 19.1. The summed E-state index contributed by atoms with van der Waals surface area (Å²) in [4.78, 5) is 33.8. The van der Waals surface area contributed by atoms with Gasteiger partial charge in [0, 0.05) is 0 Å². The maximum Gasteiger partial charge on any atom is 0.258 e. The summed E-state index contributed by atoms with van der Waals surface area (Å²) in [6.45, 7) is 4.93. The van der Waals surface area contributed by atoms with Crippen molar-refractivity contribution in [2.75, 3.05) is 13.1 Å². The Kier molecular flexibility index (Phi) is 6.16. The van der Waals surface area contributed by atoms with Gasteiger partial charge in [0.25, 0.3) is 5.56 Å². The van der Waals surface area contributed by atoms with E-state index in [0.29, 0.717) is 29.8 Å². The lowest BCUT2D eigenvalue weighted by Gasteiger charge is -2.21. The SMILES string of the molecule is CCN(CC(=O)NC(C)c1ccc(F)cc1)Cc1nc2ccccc2c(=O)[nH]1. The number of rotatable bonds is 7. The van der Waals surface area contributed by atoms with E-state index in [1.165, 1.54) is 12.1 Å². The summed E-state index contributed by atoms with van der Waals surface area (Å²) in [6.07, 6.45) is 0. The summed E-state index contributed by atoms with van der Waals surface area (Å²) >= 11 is 0. The minimum atomic E-state index is -0.309. The maximum atomic E-state index is 13.0. The molecule has 7 heteroatoms. The molecule has 1 atom stereocenters. The van der Waals surface area contributed by atoms with Gasteiger partial charge < -0.3 is 10.3 Å². The fraction of sp³-hybridized carbons (Fsp3) is 0.286. The molecule has 3 aromatic rings. The van der Waals surface area contributed by atoms with Gasteiger partial charge in [-0.2, -0.15) is 0 Å². The molecule has 0 aliphatic heterocycles. The first-order valence-electron chi connectivity index (χ1n) is 9.21. The molecule has 1 amide bonds. The normalized spacial score (nSPS) is 12.3. The Hall–Kier alpha value is -3.06. The molecule has 1 aromatic heterocycles. The number of para-hydroxylation sites is 1. The lowest BCUT2D eigenvalue weighted by molar-refractivity contribution is -0.123. The standard InChI is InChI=1S/C21H23FN4O2/c1-3-26(12-19-24-18-7-5-4-6-17(18)21(28)25-19)13-20(27)23-14(2)15-8-10-16(22)11-9-15/h4-11,14H,3,12-13H2,1-2H3,(H,23,27)(H,24,25,28). The molecule has 2 aromatic carbocycles. The molecule has 0 fully saturated rings. The van der Waals surface area contributed by atoms with Crippen molar-refractivity contribution in [2.45, 2.75) is 26.4 Å². The van der Waals surface area contributed by atoms with E-state index in [4.69, 9.17) is 0 Å². The number of nitrogens with zero attached hydrogens (tertiary/aromatic N) is 2. The molecule has 0 spiro atoms. The van der Waals surface area contributed by atoms with Gasteiger partial charge >= 0.3 is 0 Å². The van der Waals surface area contributed by atoms with Crippen molar-refractivity contribution in [3.63, 3.8) is 0 Å². The van der Waals surface area contributed by atoms with E-state index in [1.807, 2.05) is 24.8 Å². The van der Waals surface area contributed by atoms with Gasteiger partial charge in [-0.05, 0) is 43.3 Å². The average Bonchev–Trinajstić information content (AvgIpc) is 2.68. The first kappa shape index (κ1) is 19.7. The molecule has 0 radical (unpaired) electrons. The highest BCUT2D eigenvalue weighted by Gasteiger charge is 2.15. The first-order chi connectivity index (χ1) is 13.5. The molecular formula is C21H23FN4O2. The molecule has 0 aliphatic rings. The highest BCUT2D eigenvalue weighted by molar-refractivity contribution is 5.78. The Labute approximate surface area is 162 Å². The van der Waals surface area contributed by atoms with Crippen molar-refractivity contribution in [3.8, 4) is 0 Å². The fourth-order valence-electron chi connectivity index (χ4n) is 3.03. The van der Waals surface area contributed by atoms with Gasteiger partial charge in [0.05, 0.1) is 30.0 Å². The fourth-order valence-corrected chi connectivity index (χ4v) is 3.03. The highest BCUT2D eigenvalue weighted by Crippen LogP contribution is 2.13. The molecule has 28 heavy (non-hydrogen) atoms. The number of aromatic nitrogens is 2. The van der Waals surface area contributed by atoms with Crippen LogP contribution in [0.25, 0.3) is 10.9 Å². The topological polar surface area (TPSA) is 78.1 Å². The van der Waals surface area contributed by atoms with Crippen LogP contribution in [0.3, 0.4) is 0 Å². The van der Waals surface area contributed by atoms with Crippen molar-refractivity contribution in [1.82, 2.24) is 20.2 Å². The summed E-state index contributed by atoms with van der Waals surface area (Å²) in [5.74, 6) is 0.0584. The molecule has 3 rings (SSSR count). The summed E-state index contributed by atoms with van der Waals surface area (Å²) in [5.41, 5.74) is 1.27. The van der Waals surface area contributed by atoms with Crippen LogP contribution in [0.5, 0.6) is 0 Å². The summed E-state index contributed by atoms with van der Waals surface area (Å²) in [6, 6.07) is 13.0. The smallest absolute Gasteiger partial charge is 0.258 e. The van der Waals surface area contributed by atoms with Crippen molar-refractivity contribution in [3.05, 3.63) is 76.1 Å². The number of H-pyrrole nitrogens is 1. The van der Waals surface area contributed by atoms with E-state index in [0.717, 1.165) is 5.56 Å². The molecule has 1 heterocycles. The molecule has 2 N–H and O–H groups in total. The van der Waals surface area contributed by atoms with Gasteiger partial charge in [-0.15, -0.1) is 0 Å². The van der Waals surface area contributed by atoms with Gasteiger partial charge in [0.15, 0.2) is 0 Å². The van der Waals surface area contributed by atoms with Crippen LogP contribution in [0.4, 0.5) is 4.39 Å². The van der Waals surface area contributed by atoms with Crippen LogP contribution < -0.4 is 10.9 Å². The van der Waals surface area contributed by atoms with Gasteiger partial charge in [0.2, 0.25) is 5.91 Å². The van der Waals surface area contributed by atoms with E-state index in [2.05, 4.69) is 15.3 Å². The van der Waals surface area contributed by atoms with E-state index in [9.17, 15) is 14.0 Å². The lowest BCUT2D eigenvalue weighted by Crippen LogP contribution is -2.38. The molecule has 146 valence electrons. The third-order valence-corrected chi connectivity index (χ3v) is 4.60. The predicted molar refractivity (Wildman–Crippen MR) is 106 cm³/mol. The van der Waals surface area contributed by atoms with E-state index in [1.54, 1.807) is 30.3 Å². The molecule has 0 aliphatic carbocycles. The quantitative estimate of drug-likeness (QED) is 0.659. The van der Waals surface area contributed by atoms with Crippen LogP contribution in [-0.2, 0) is 11.3 Å². The number of amides is 1. The third kappa shape index (κ3) is 4.80. The van der Waals surface area contributed by atoms with Gasteiger partial charge in [-0.25, -0.2) is 9.37 Å². The number of hydrogen-bond donors (Lipinski definition) is 2. The van der Waals surface area contributed by atoms with E-state index >= 15 is 0 Å². The molecule has 0 saturated carbocycles. The second kappa shape index (κ2) is 8.75. The minimum absolute atomic E-state index is 0.151. The molecular weight excluding hydrogens is 359 g/mol. The van der Waals surface area contributed by atoms with Crippen LogP contribution in [-0.4, -0.2) is 33.9 Å². The zero-order chi connectivity index (χ0) is 20.1. The number of hydrogen-bond acceptors (Lipinski definition) is 4. The van der Waals surface area contributed by atoms with Crippen molar-refractivity contribution >= 4 is 16.8 Å². The zero-order valence-electron chi connectivity index (χ0n) is 15.9. The van der Waals surface area contributed by atoms with Crippen LogP contribution in [0.15, 0.2) is 53.3 Å². The second-order valence-electron chi connectivity index (χ2n) is 6.67. The van der Waals surface area contributed by atoms with Crippen molar-refractivity contribution < 1.29 is 9.18 Å².